The third-order valence-corrected chi connectivity index (χ3v) is 4.46. The zero-order chi connectivity index (χ0) is 16.9. The Bertz CT molecular complexity index is 852. The van der Waals surface area contributed by atoms with Crippen LogP contribution in [0.1, 0.15) is 23.6 Å². The van der Waals surface area contributed by atoms with Gasteiger partial charge >= 0.3 is 5.97 Å². The quantitative estimate of drug-likeness (QED) is 0.560. The second-order valence-electron chi connectivity index (χ2n) is 5.95. The van der Waals surface area contributed by atoms with Gasteiger partial charge in [-0.25, -0.2) is 4.57 Å². The predicted molar refractivity (Wildman–Crippen MR) is 93.7 cm³/mol. The fraction of sp³-hybridized carbons (Fsp3) is 0.300. The summed E-state index contributed by atoms with van der Waals surface area (Å²) in [5, 5.41) is 1.29. The third kappa shape index (κ3) is 3.48. The molecule has 0 aliphatic carbocycles. The van der Waals surface area contributed by atoms with Gasteiger partial charge in [0.05, 0.1) is 13.5 Å². The first-order valence-corrected chi connectivity index (χ1v) is 8.34. The van der Waals surface area contributed by atoms with Gasteiger partial charge in [-0.15, -0.1) is 0 Å². The van der Waals surface area contributed by atoms with Gasteiger partial charge in [0.2, 0.25) is 0 Å². The van der Waals surface area contributed by atoms with E-state index in [0.717, 1.165) is 24.9 Å². The number of fused-ring (bicyclic) bond motifs is 1. The first kappa shape index (κ1) is 16.2. The number of pyridine rings is 1. The van der Waals surface area contributed by atoms with E-state index in [9.17, 15) is 4.79 Å². The maximum absolute atomic E-state index is 11.5. The van der Waals surface area contributed by atoms with E-state index < -0.39 is 0 Å². The summed E-state index contributed by atoms with van der Waals surface area (Å²) in [5.41, 5.74) is 4.75. The number of hydrogen-bond acceptors (Lipinski definition) is 2. The number of carbonyl (C=O) groups is 1. The highest BCUT2D eigenvalue weighted by Gasteiger charge is 2.13. The Kier molecular flexibility index (Phi) is 4.94. The normalized spacial score (nSPS) is 10.9. The lowest BCUT2D eigenvalue weighted by Crippen LogP contribution is -2.35. The average Bonchev–Trinajstić information content (AvgIpc) is 3.04. The summed E-state index contributed by atoms with van der Waals surface area (Å²) in [6.07, 6.45) is 8.49. The highest BCUT2D eigenvalue weighted by molar-refractivity contribution is 5.82. The van der Waals surface area contributed by atoms with Gasteiger partial charge in [-0.05, 0) is 23.6 Å². The number of rotatable bonds is 6. The van der Waals surface area contributed by atoms with Crippen molar-refractivity contribution < 1.29 is 14.1 Å². The SMILES string of the molecule is CCc1c[n+](CCc2c[nH]c3ccccc23)ccc1CC(=O)OC. The van der Waals surface area contributed by atoms with E-state index in [-0.39, 0.29) is 5.97 Å². The van der Waals surface area contributed by atoms with Gasteiger partial charge in [0, 0.05) is 35.2 Å². The minimum atomic E-state index is -0.193. The van der Waals surface area contributed by atoms with E-state index in [1.54, 1.807) is 0 Å². The molecule has 24 heavy (non-hydrogen) atoms. The van der Waals surface area contributed by atoms with Crippen molar-refractivity contribution >= 4 is 16.9 Å². The lowest BCUT2D eigenvalue weighted by molar-refractivity contribution is -0.696. The Morgan fingerprint density at radius 1 is 1.17 bits per heavy atom. The van der Waals surface area contributed by atoms with Gasteiger partial charge in [-0.1, -0.05) is 25.1 Å². The number of aromatic amines is 1. The number of hydrogen-bond donors (Lipinski definition) is 1. The summed E-state index contributed by atoms with van der Waals surface area (Å²) in [5.74, 6) is -0.193. The summed E-state index contributed by atoms with van der Waals surface area (Å²) in [4.78, 5) is 14.8. The molecule has 3 rings (SSSR count). The van der Waals surface area contributed by atoms with Crippen LogP contribution in [0.4, 0.5) is 0 Å². The molecule has 124 valence electrons. The maximum atomic E-state index is 11.5. The van der Waals surface area contributed by atoms with Gasteiger partial charge in [-0.2, -0.15) is 0 Å². The molecule has 0 bridgehead atoms. The first-order valence-electron chi connectivity index (χ1n) is 8.34. The average molecular weight is 323 g/mol. The van der Waals surface area contributed by atoms with Gasteiger partial charge in [0.1, 0.15) is 0 Å². The fourth-order valence-corrected chi connectivity index (χ4v) is 3.06. The minimum Gasteiger partial charge on any atom is -0.469 e. The molecular weight excluding hydrogens is 300 g/mol. The highest BCUT2D eigenvalue weighted by Crippen LogP contribution is 2.18. The zero-order valence-corrected chi connectivity index (χ0v) is 14.2. The molecular formula is C20H23N2O2+. The Hall–Kier alpha value is -2.62. The van der Waals surface area contributed by atoms with E-state index in [0.29, 0.717) is 6.42 Å². The highest BCUT2D eigenvalue weighted by atomic mass is 16.5. The van der Waals surface area contributed by atoms with Crippen LogP contribution in [0.2, 0.25) is 0 Å². The van der Waals surface area contributed by atoms with Gasteiger partial charge in [-0.3, -0.25) is 4.79 Å². The standard InChI is InChI=1S/C20H23N2O2/c1-3-15-14-22(10-8-16(15)12-20(23)24-2)11-9-17-13-21-19-7-5-4-6-18(17)19/h4-8,10,13-14,21H,3,9,11-12H2,1-2H3/q+1. The molecule has 0 unspecified atom stereocenters. The molecule has 0 aliphatic rings. The Morgan fingerprint density at radius 3 is 2.79 bits per heavy atom. The van der Waals surface area contributed by atoms with Crippen LogP contribution < -0.4 is 4.57 Å². The van der Waals surface area contributed by atoms with Gasteiger partial charge in [0.25, 0.3) is 0 Å². The van der Waals surface area contributed by atoms with E-state index in [1.165, 1.54) is 29.1 Å². The number of aromatic nitrogens is 2. The topological polar surface area (TPSA) is 46.0 Å². The number of benzene rings is 1. The third-order valence-electron chi connectivity index (χ3n) is 4.46. The molecule has 3 aromatic rings. The lowest BCUT2D eigenvalue weighted by Gasteiger charge is -2.06. The molecule has 0 aliphatic heterocycles. The monoisotopic (exact) mass is 323 g/mol. The van der Waals surface area contributed by atoms with E-state index in [2.05, 4.69) is 47.1 Å². The lowest BCUT2D eigenvalue weighted by atomic mass is 10.0. The summed E-state index contributed by atoms with van der Waals surface area (Å²) < 4.78 is 6.97. The van der Waals surface area contributed by atoms with Crippen molar-refractivity contribution in [2.75, 3.05) is 7.11 Å². The smallest absolute Gasteiger partial charge is 0.309 e. The number of ether oxygens (including phenoxy) is 1. The van der Waals surface area contributed by atoms with Crippen LogP contribution >= 0.6 is 0 Å². The maximum Gasteiger partial charge on any atom is 0.309 e. The predicted octanol–water partition coefficient (Wildman–Crippen LogP) is 2.98. The molecule has 0 spiro atoms. The molecule has 0 atom stereocenters. The summed E-state index contributed by atoms with van der Waals surface area (Å²) in [7, 11) is 1.43. The molecule has 0 saturated carbocycles. The molecule has 0 fully saturated rings. The number of carbonyl (C=O) groups excluding carboxylic acids is 1. The van der Waals surface area contributed by atoms with E-state index in [1.807, 2.05) is 18.3 Å². The number of para-hydroxylation sites is 1. The van der Waals surface area contributed by atoms with Crippen LogP contribution in [-0.4, -0.2) is 18.1 Å². The van der Waals surface area contributed by atoms with Crippen LogP contribution in [0.25, 0.3) is 10.9 Å². The van der Waals surface area contributed by atoms with Crippen LogP contribution in [0.15, 0.2) is 48.9 Å². The Balaban J connectivity index is 1.74. The number of methoxy groups -OCH3 is 1. The number of aryl methyl sites for hydroxylation is 3. The van der Waals surface area contributed by atoms with Crippen molar-refractivity contribution in [2.24, 2.45) is 0 Å². The van der Waals surface area contributed by atoms with Crippen LogP contribution in [-0.2, 0) is 35.3 Å². The zero-order valence-electron chi connectivity index (χ0n) is 14.2. The van der Waals surface area contributed by atoms with Crippen LogP contribution in [0.5, 0.6) is 0 Å². The van der Waals surface area contributed by atoms with E-state index >= 15 is 0 Å². The Labute approximate surface area is 142 Å². The van der Waals surface area contributed by atoms with Crippen molar-refractivity contribution in [2.45, 2.75) is 32.7 Å². The van der Waals surface area contributed by atoms with Crippen molar-refractivity contribution in [1.82, 2.24) is 4.98 Å². The number of H-pyrrole nitrogens is 1. The molecule has 4 heteroatoms. The molecule has 0 amide bonds. The molecule has 2 heterocycles. The van der Waals surface area contributed by atoms with Gasteiger partial charge < -0.3 is 9.72 Å². The number of esters is 1. The first-order chi connectivity index (χ1) is 11.7. The summed E-state index contributed by atoms with van der Waals surface area (Å²) in [6.45, 7) is 3.02. The number of nitrogens with one attached hydrogen (secondary N) is 1. The number of nitrogens with zero attached hydrogens (tertiary/aromatic N) is 1. The van der Waals surface area contributed by atoms with Crippen LogP contribution in [0.3, 0.4) is 0 Å². The fourth-order valence-electron chi connectivity index (χ4n) is 3.06. The van der Waals surface area contributed by atoms with Crippen molar-refractivity contribution in [3.8, 4) is 0 Å². The van der Waals surface area contributed by atoms with E-state index in [4.69, 9.17) is 4.74 Å². The summed E-state index contributed by atoms with van der Waals surface area (Å²) in [6, 6.07) is 10.4. The molecule has 1 N–H and O–H groups in total. The second kappa shape index (κ2) is 7.30. The van der Waals surface area contributed by atoms with Gasteiger partial charge in [0.15, 0.2) is 18.9 Å². The van der Waals surface area contributed by atoms with Crippen molar-refractivity contribution in [3.63, 3.8) is 0 Å². The van der Waals surface area contributed by atoms with Crippen molar-refractivity contribution in [3.05, 3.63) is 65.6 Å². The Morgan fingerprint density at radius 2 is 2.00 bits per heavy atom. The molecule has 4 nitrogen and oxygen atoms in total. The van der Waals surface area contributed by atoms with Crippen LogP contribution in [0, 0.1) is 0 Å². The molecule has 0 saturated heterocycles. The second-order valence-corrected chi connectivity index (χ2v) is 5.95. The summed E-state index contributed by atoms with van der Waals surface area (Å²) >= 11 is 0. The van der Waals surface area contributed by atoms with Crippen molar-refractivity contribution in [1.29, 1.82) is 0 Å². The molecule has 1 aromatic carbocycles. The largest absolute Gasteiger partial charge is 0.469 e. The molecule has 2 aromatic heterocycles. The molecule has 0 radical (unpaired) electrons. The minimum absolute atomic E-state index is 0.193.